The quantitative estimate of drug-likeness (QED) is 0.853. The van der Waals surface area contributed by atoms with E-state index < -0.39 is 6.10 Å². The molecule has 4 nitrogen and oxygen atoms in total. The Morgan fingerprint density at radius 1 is 1.36 bits per heavy atom. The van der Waals surface area contributed by atoms with Crippen LogP contribution in [0.15, 0.2) is 29.2 Å². The number of halogens is 1. The second-order valence-electron chi connectivity index (χ2n) is 5.45. The molecule has 2 rings (SSSR count). The van der Waals surface area contributed by atoms with E-state index in [9.17, 15) is 4.79 Å². The number of thioether (sulfide) groups is 1. The lowest BCUT2D eigenvalue weighted by Crippen LogP contribution is -2.59. The summed E-state index contributed by atoms with van der Waals surface area (Å²) in [5.41, 5.74) is 0. The highest BCUT2D eigenvalue weighted by Crippen LogP contribution is 2.20. The topological polar surface area (TPSA) is 41.6 Å². The van der Waals surface area contributed by atoms with Gasteiger partial charge >= 0.3 is 0 Å². The molecule has 1 aromatic rings. The molecule has 22 heavy (non-hydrogen) atoms. The van der Waals surface area contributed by atoms with Gasteiger partial charge in [-0.25, -0.2) is 0 Å². The Balaban J connectivity index is 0.00000242. The molecule has 3 unspecified atom stereocenters. The lowest BCUT2D eigenvalue weighted by atomic mass is 10.1. The number of hydrogen-bond acceptors (Lipinski definition) is 4. The molecule has 0 aliphatic carbocycles. The Bertz CT molecular complexity index is 484. The fourth-order valence-corrected chi connectivity index (χ4v) is 2.92. The van der Waals surface area contributed by atoms with Crippen molar-refractivity contribution in [3.63, 3.8) is 0 Å². The maximum Gasteiger partial charge on any atom is 0.263 e. The average Bonchev–Trinajstić information content (AvgIpc) is 2.50. The molecule has 1 heterocycles. The van der Waals surface area contributed by atoms with Crippen molar-refractivity contribution in [3.05, 3.63) is 24.3 Å². The van der Waals surface area contributed by atoms with E-state index in [-0.39, 0.29) is 24.4 Å². The number of nitrogens with one attached hydrogen (secondary N) is 1. The first-order chi connectivity index (χ1) is 10.0. The summed E-state index contributed by atoms with van der Waals surface area (Å²) in [6.45, 7) is 7.59. The standard InChI is InChI=1S/C16H24N2O2S.ClH/c1-11-12(2)18(10-9-17-11)16(19)13(3)20-14-5-7-15(21-4)8-6-14;/h5-8,11-13,17H,9-10H2,1-4H3;1H. The van der Waals surface area contributed by atoms with Crippen molar-refractivity contribution >= 4 is 30.1 Å². The zero-order valence-electron chi connectivity index (χ0n) is 13.5. The minimum atomic E-state index is -0.460. The average molecular weight is 345 g/mol. The van der Waals surface area contributed by atoms with Crippen LogP contribution in [0, 0.1) is 0 Å². The van der Waals surface area contributed by atoms with Crippen LogP contribution in [0.1, 0.15) is 20.8 Å². The number of hydrogen-bond donors (Lipinski definition) is 1. The van der Waals surface area contributed by atoms with E-state index in [4.69, 9.17) is 4.74 Å². The molecule has 1 saturated heterocycles. The number of carbonyl (C=O) groups excluding carboxylic acids is 1. The number of nitrogens with zero attached hydrogens (tertiary/aromatic N) is 1. The molecule has 0 bridgehead atoms. The van der Waals surface area contributed by atoms with Crippen molar-refractivity contribution in [1.82, 2.24) is 10.2 Å². The summed E-state index contributed by atoms with van der Waals surface area (Å²) in [4.78, 5) is 15.7. The van der Waals surface area contributed by atoms with Crippen LogP contribution in [-0.2, 0) is 4.79 Å². The predicted octanol–water partition coefficient (Wildman–Crippen LogP) is 2.81. The van der Waals surface area contributed by atoms with Crippen LogP contribution in [0.3, 0.4) is 0 Å². The van der Waals surface area contributed by atoms with Gasteiger partial charge in [-0.1, -0.05) is 0 Å². The normalized spacial score (nSPS) is 22.6. The van der Waals surface area contributed by atoms with Gasteiger partial charge in [0.25, 0.3) is 5.91 Å². The van der Waals surface area contributed by atoms with E-state index in [0.29, 0.717) is 6.04 Å². The summed E-state index contributed by atoms with van der Waals surface area (Å²) in [7, 11) is 0. The van der Waals surface area contributed by atoms with Crippen LogP contribution in [0.4, 0.5) is 0 Å². The van der Waals surface area contributed by atoms with E-state index in [1.807, 2.05) is 42.3 Å². The van der Waals surface area contributed by atoms with E-state index in [2.05, 4.69) is 19.2 Å². The van der Waals surface area contributed by atoms with Gasteiger partial charge in [0.15, 0.2) is 6.10 Å². The van der Waals surface area contributed by atoms with Crippen LogP contribution in [0.25, 0.3) is 0 Å². The summed E-state index contributed by atoms with van der Waals surface area (Å²) in [6.07, 6.45) is 1.58. The first-order valence-electron chi connectivity index (χ1n) is 7.37. The number of amides is 1. The number of carbonyl (C=O) groups is 1. The zero-order valence-corrected chi connectivity index (χ0v) is 15.2. The van der Waals surface area contributed by atoms with Crippen LogP contribution >= 0.6 is 24.2 Å². The van der Waals surface area contributed by atoms with Gasteiger partial charge in [-0.3, -0.25) is 4.79 Å². The third kappa shape index (κ3) is 4.54. The van der Waals surface area contributed by atoms with Crippen LogP contribution in [0.5, 0.6) is 5.75 Å². The van der Waals surface area contributed by atoms with E-state index in [1.54, 1.807) is 11.8 Å². The number of rotatable bonds is 4. The highest BCUT2D eigenvalue weighted by Gasteiger charge is 2.31. The Morgan fingerprint density at radius 2 is 2.00 bits per heavy atom. The molecular formula is C16H25ClN2O2S. The third-order valence-corrected chi connectivity index (χ3v) is 4.78. The predicted molar refractivity (Wildman–Crippen MR) is 94.2 cm³/mol. The van der Waals surface area contributed by atoms with Crippen LogP contribution < -0.4 is 10.1 Å². The summed E-state index contributed by atoms with van der Waals surface area (Å²) in [5.74, 6) is 0.800. The van der Waals surface area contributed by atoms with Crippen molar-refractivity contribution in [3.8, 4) is 5.75 Å². The molecule has 1 aromatic carbocycles. The molecule has 1 aliphatic rings. The number of benzene rings is 1. The fourth-order valence-electron chi connectivity index (χ4n) is 2.51. The molecule has 124 valence electrons. The van der Waals surface area contributed by atoms with E-state index >= 15 is 0 Å². The largest absolute Gasteiger partial charge is 0.481 e. The monoisotopic (exact) mass is 344 g/mol. The smallest absolute Gasteiger partial charge is 0.263 e. The molecule has 3 atom stereocenters. The highest BCUT2D eigenvalue weighted by atomic mass is 35.5. The van der Waals surface area contributed by atoms with Crippen molar-refractivity contribution < 1.29 is 9.53 Å². The third-order valence-electron chi connectivity index (χ3n) is 4.04. The van der Waals surface area contributed by atoms with Crippen LogP contribution in [-0.4, -0.2) is 48.3 Å². The van der Waals surface area contributed by atoms with E-state index in [0.717, 1.165) is 18.8 Å². The van der Waals surface area contributed by atoms with Gasteiger partial charge in [0.05, 0.1) is 0 Å². The van der Waals surface area contributed by atoms with Crippen LogP contribution in [0.2, 0.25) is 0 Å². The molecule has 1 aliphatic heterocycles. The molecule has 0 saturated carbocycles. The molecule has 0 aromatic heterocycles. The lowest BCUT2D eigenvalue weighted by molar-refractivity contribution is -0.141. The lowest BCUT2D eigenvalue weighted by Gasteiger charge is -2.39. The molecule has 0 radical (unpaired) electrons. The Labute approximate surface area is 143 Å². The molecular weight excluding hydrogens is 320 g/mol. The van der Waals surface area contributed by atoms with Gasteiger partial charge in [0, 0.05) is 30.1 Å². The second kappa shape index (κ2) is 8.65. The van der Waals surface area contributed by atoms with Gasteiger partial charge in [-0.2, -0.15) is 0 Å². The van der Waals surface area contributed by atoms with Crippen molar-refractivity contribution in [2.75, 3.05) is 19.3 Å². The number of ether oxygens (including phenoxy) is 1. The molecule has 1 amide bonds. The Hall–Kier alpha value is -0.910. The first kappa shape index (κ1) is 19.1. The molecule has 6 heteroatoms. The molecule has 0 spiro atoms. The maximum atomic E-state index is 12.6. The van der Waals surface area contributed by atoms with Gasteiger partial charge in [0.2, 0.25) is 0 Å². The maximum absolute atomic E-state index is 12.6. The van der Waals surface area contributed by atoms with Crippen molar-refractivity contribution in [2.45, 2.75) is 43.9 Å². The van der Waals surface area contributed by atoms with E-state index in [1.165, 1.54) is 4.90 Å². The summed E-state index contributed by atoms with van der Waals surface area (Å²) in [6, 6.07) is 8.35. The summed E-state index contributed by atoms with van der Waals surface area (Å²) in [5, 5.41) is 3.38. The van der Waals surface area contributed by atoms with Gasteiger partial charge in [-0.05, 0) is 51.3 Å². The Morgan fingerprint density at radius 3 is 2.59 bits per heavy atom. The summed E-state index contributed by atoms with van der Waals surface area (Å²) < 4.78 is 5.79. The Kier molecular flexibility index (Phi) is 7.53. The molecule has 1 fully saturated rings. The fraction of sp³-hybridized carbons (Fsp3) is 0.562. The SMILES string of the molecule is CSc1ccc(OC(C)C(=O)N2CCNC(C)C2C)cc1.Cl. The highest BCUT2D eigenvalue weighted by molar-refractivity contribution is 7.98. The second-order valence-corrected chi connectivity index (χ2v) is 6.33. The minimum absolute atomic E-state index is 0. The van der Waals surface area contributed by atoms with Crippen molar-refractivity contribution in [1.29, 1.82) is 0 Å². The molecule has 1 N–H and O–H groups in total. The first-order valence-corrected chi connectivity index (χ1v) is 8.60. The van der Waals surface area contributed by atoms with Gasteiger partial charge < -0.3 is 15.0 Å². The zero-order chi connectivity index (χ0) is 15.4. The number of piperazine rings is 1. The van der Waals surface area contributed by atoms with Gasteiger partial charge in [-0.15, -0.1) is 24.2 Å². The van der Waals surface area contributed by atoms with Crippen molar-refractivity contribution in [2.24, 2.45) is 0 Å². The minimum Gasteiger partial charge on any atom is -0.481 e. The van der Waals surface area contributed by atoms with Gasteiger partial charge in [0.1, 0.15) is 5.75 Å². The summed E-state index contributed by atoms with van der Waals surface area (Å²) >= 11 is 1.69.